The fourth-order valence-electron chi connectivity index (χ4n) is 2.12. The first-order chi connectivity index (χ1) is 9.25. The van der Waals surface area contributed by atoms with Crippen LogP contribution < -0.4 is 4.90 Å². The molecule has 100 valence electrons. The Morgan fingerprint density at radius 2 is 1.95 bits per heavy atom. The number of halogens is 1. The van der Waals surface area contributed by atoms with E-state index in [1.165, 1.54) is 0 Å². The minimum absolute atomic E-state index is 0.347. The summed E-state index contributed by atoms with van der Waals surface area (Å²) in [6, 6.07) is 2.02. The highest BCUT2D eigenvalue weighted by atomic mass is 35.5. The van der Waals surface area contributed by atoms with E-state index in [4.69, 9.17) is 16.3 Å². The molecular weight excluding hydrogens is 266 g/mol. The van der Waals surface area contributed by atoms with E-state index in [1.54, 1.807) is 17.1 Å². The van der Waals surface area contributed by atoms with Gasteiger partial charge in [-0.25, -0.2) is 9.97 Å². The van der Waals surface area contributed by atoms with Gasteiger partial charge in [0.05, 0.1) is 18.9 Å². The maximum Gasteiger partial charge on any atom is 0.193 e. The molecule has 1 aliphatic rings. The molecule has 0 atom stereocenters. The molecule has 0 radical (unpaired) electrons. The first kappa shape index (κ1) is 12.4. The van der Waals surface area contributed by atoms with Crippen molar-refractivity contribution in [3.05, 3.63) is 29.3 Å². The van der Waals surface area contributed by atoms with Crippen molar-refractivity contribution in [3.63, 3.8) is 0 Å². The monoisotopic (exact) mass is 279 g/mol. The first-order valence-corrected chi connectivity index (χ1v) is 6.50. The number of anilines is 1. The third-order valence-electron chi connectivity index (χ3n) is 2.98. The van der Waals surface area contributed by atoms with Gasteiger partial charge in [-0.3, -0.25) is 0 Å². The van der Waals surface area contributed by atoms with Crippen LogP contribution in [0.4, 0.5) is 5.82 Å². The average Bonchev–Trinajstić information content (AvgIpc) is 2.82. The van der Waals surface area contributed by atoms with Crippen molar-refractivity contribution in [1.82, 2.24) is 19.7 Å². The van der Waals surface area contributed by atoms with Gasteiger partial charge in [0.25, 0.3) is 0 Å². The standard InChI is InChI=1S/C12H14ClN5O/c1-9-8-10(17-4-6-19-7-5-17)18(16-9)12-11(13)14-2-3-15-12/h2-3,8H,4-7H2,1H3. The molecule has 0 aromatic carbocycles. The number of aryl methyl sites for hydroxylation is 1. The second-order valence-corrected chi connectivity index (χ2v) is 4.68. The number of hydrogen-bond acceptors (Lipinski definition) is 5. The van der Waals surface area contributed by atoms with Gasteiger partial charge in [-0.05, 0) is 6.92 Å². The number of aromatic nitrogens is 4. The van der Waals surface area contributed by atoms with Crippen LogP contribution in [-0.4, -0.2) is 46.1 Å². The molecule has 0 bridgehead atoms. The van der Waals surface area contributed by atoms with Crippen molar-refractivity contribution in [1.29, 1.82) is 0 Å². The molecule has 0 spiro atoms. The molecule has 0 amide bonds. The van der Waals surface area contributed by atoms with Crippen LogP contribution in [0.25, 0.3) is 5.82 Å². The second kappa shape index (κ2) is 5.14. The molecule has 0 saturated carbocycles. The fraction of sp³-hybridized carbons (Fsp3) is 0.417. The van der Waals surface area contributed by atoms with Crippen LogP contribution in [0.2, 0.25) is 5.15 Å². The average molecular weight is 280 g/mol. The zero-order chi connectivity index (χ0) is 13.2. The van der Waals surface area contributed by atoms with Crippen molar-refractivity contribution in [2.24, 2.45) is 0 Å². The van der Waals surface area contributed by atoms with Crippen LogP contribution in [0.3, 0.4) is 0 Å². The van der Waals surface area contributed by atoms with Crippen LogP contribution in [0.5, 0.6) is 0 Å². The summed E-state index contributed by atoms with van der Waals surface area (Å²) in [6.07, 6.45) is 3.18. The number of nitrogens with zero attached hydrogens (tertiary/aromatic N) is 5. The molecular formula is C12H14ClN5O. The summed E-state index contributed by atoms with van der Waals surface area (Å²) in [7, 11) is 0. The predicted octanol–water partition coefficient (Wildman–Crippen LogP) is 1.46. The first-order valence-electron chi connectivity index (χ1n) is 6.12. The Morgan fingerprint density at radius 1 is 1.21 bits per heavy atom. The zero-order valence-corrected chi connectivity index (χ0v) is 11.3. The minimum atomic E-state index is 0.347. The zero-order valence-electron chi connectivity index (χ0n) is 10.6. The van der Waals surface area contributed by atoms with E-state index >= 15 is 0 Å². The third-order valence-corrected chi connectivity index (χ3v) is 3.25. The van der Waals surface area contributed by atoms with Gasteiger partial charge < -0.3 is 9.64 Å². The minimum Gasteiger partial charge on any atom is -0.378 e. The van der Waals surface area contributed by atoms with Crippen molar-refractivity contribution < 1.29 is 4.74 Å². The Kier molecular flexibility index (Phi) is 3.35. The summed E-state index contributed by atoms with van der Waals surface area (Å²) >= 11 is 6.10. The van der Waals surface area contributed by atoms with E-state index in [0.717, 1.165) is 37.8 Å². The number of hydrogen-bond donors (Lipinski definition) is 0. The van der Waals surface area contributed by atoms with Gasteiger partial charge in [0.1, 0.15) is 5.82 Å². The van der Waals surface area contributed by atoms with E-state index < -0.39 is 0 Å². The maximum absolute atomic E-state index is 6.10. The maximum atomic E-state index is 6.10. The van der Waals surface area contributed by atoms with Gasteiger partial charge >= 0.3 is 0 Å². The van der Waals surface area contributed by atoms with E-state index in [2.05, 4.69) is 20.0 Å². The molecule has 19 heavy (non-hydrogen) atoms. The topological polar surface area (TPSA) is 56.1 Å². The Hall–Kier alpha value is -1.66. The SMILES string of the molecule is Cc1cc(N2CCOCC2)n(-c2nccnc2Cl)n1. The van der Waals surface area contributed by atoms with Crippen molar-refractivity contribution in [2.75, 3.05) is 31.2 Å². The third kappa shape index (κ3) is 2.41. The van der Waals surface area contributed by atoms with Crippen LogP contribution in [0.15, 0.2) is 18.5 Å². The fourth-order valence-corrected chi connectivity index (χ4v) is 2.30. The number of rotatable bonds is 2. The molecule has 1 saturated heterocycles. The normalized spacial score (nSPS) is 15.8. The molecule has 2 aromatic rings. The van der Waals surface area contributed by atoms with Gasteiger partial charge in [-0.1, -0.05) is 11.6 Å². The summed E-state index contributed by atoms with van der Waals surface area (Å²) < 4.78 is 7.12. The smallest absolute Gasteiger partial charge is 0.193 e. The lowest BCUT2D eigenvalue weighted by Gasteiger charge is -2.28. The van der Waals surface area contributed by atoms with Gasteiger partial charge in [-0.15, -0.1) is 0 Å². The number of ether oxygens (including phenoxy) is 1. The van der Waals surface area contributed by atoms with Crippen molar-refractivity contribution in [2.45, 2.75) is 6.92 Å². The summed E-state index contributed by atoms with van der Waals surface area (Å²) in [6.45, 7) is 5.06. The molecule has 3 heterocycles. The largest absolute Gasteiger partial charge is 0.378 e. The van der Waals surface area contributed by atoms with Crippen LogP contribution in [0.1, 0.15) is 5.69 Å². The quantitative estimate of drug-likeness (QED) is 0.833. The van der Waals surface area contributed by atoms with E-state index in [-0.39, 0.29) is 0 Å². The van der Waals surface area contributed by atoms with Crippen LogP contribution in [0, 0.1) is 6.92 Å². The lowest BCUT2D eigenvalue weighted by Crippen LogP contribution is -2.37. The van der Waals surface area contributed by atoms with Crippen molar-refractivity contribution in [3.8, 4) is 5.82 Å². The highest BCUT2D eigenvalue weighted by Crippen LogP contribution is 2.23. The Morgan fingerprint density at radius 3 is 2.68 bits per heavy atom. The summed E-state index contributed by atoms with van der Waals surface area (Å²) in [5.74, 6) is 1.53. The molecule has 0 aliphatic carbocycles. The highest BCUT2D eigenvalue weighted by molar-refractivity contribution is 6.30. The summed E-state index contributed by atoms with van der Waals surface area (Å²) in [4.78, 5) is 10.5. The number of morpholine rings is 1. The van der Waals surface area contributed by atoms with E-state index in [9.17, 15) is 0 Å². The molecule has 1 fully saturated rings. The van der Waals surface area contributed by atoms with Gasteiger partial charge in [-0.2, -0.15) is 9.78 Å². The Balaban J connectivity index is 2.04. The van der Waals surface area contributed by atoms with E-state index in [0.29, 0.717) is 11.0 Å². The van der Waals surface area contributed by atoms with Gasteiger partial charge in [0, 0.05) is 31.5 Å². The predicted molar refractivity (Wildman–Crippen MR) is 71.9 cm³/mol. The molecule has 1 aliphatic heterocycles. The summed E-state index contributed by atoms with van der Waals surface area (Å²) in [5, 5.41) is 4.81. The van der Waals surface area contributed by atoms with Gasteiger partial charge in [0.15, 0.2) is 11.0 Å². The molecule has 7 heteroatoms. The van der Waals surface area contributed by atoms with Crippen LogP contribution >= 0.6 is 11.6 Å². The Bertz CT molecular complexity index is 579. The molecule has 0 N–H and O–H groups in total. The Labute approximate surface area is 116 Å². The van der Waals surface area contributed by atoms with E-state index in [1.807, 2.05) is 13.0 Å². The molecule has 2 aromatic heterocycles. The van der Waals surface area contributed by atoms with Gasteiger partial charge in [0.2, 0.25) is 0 Å². The molecule has 3 rings (SSSR count). The molecule has 0 unspecified atom stereocenters. The lowest BCUT2D eigenvalue weighted by atomic mass is 10.4. The molecule has 6 nitrogen and oxygen atoms in total. The summed E-state index contributed by atoms with van der Waals surface area (Å²) in [5.41, 5.74) is 0.920. The highest BCUT2D eigenvalue weighted by Gasteiger charge is 2.19. The second-order valence-electron chi connectivity index (χ2n) is 4.33. The van der Waals surface area contributed by atoms with Crippen LogP contribution in [-0.2, 0) is 4.74 Å². The van der Waals surface area contributed by atoms with Crippen molar-refractivity contribution >= 4 is 17.4 Å². The lowest BCUT2D eigenvalue weighted by molar-refractivity contribution is 0.122.